The van der Waals surface area contributed by atoms with Crippen molar-refractivity contribution in [2.45, 2.75) is 47.5 Å². The van der Waals surface area contributed by atoms with Crippen molar-refractivity contribution < 1.29 is 0 Å². The molecule has 0 spiro atoms. The van der Waals surface area contributed by atoms with Gasteiger partial charge in [-0.1, -0.05) is 47.5 Å². The molecule has 1 nitrogen and oxygen atoms in total. The molecule has 0 aromatic rings. The predicted octanol–water partition coefficient (Wildman–Crippen LogP) is 3.40. The van der Waals surface area contributed by atoms with Crippen LogP contribution < -0.4 is 0 Å². The highest BCUT2D eigenvalue weighted by atomic mass is 15.1. The Morgan fingerprint density at radius 3 is 1.67 bits per heavy atom. The topological polar surface area (TPSA) is 3.24 Å². The molecular weight excluding hydrogens is 146 g/mol. The van der Waals surface area contributed by atoms with Gasteiger partial charge < -0.3 is 4.90 Å². The Balaban J connectivity index is 0. The maximum atomic E-state index is 2.39. The average Bonchev–Trinajstić information content (AvgIpc) is 2.16. The Hall–Kier alpha value is -0.0400. The Kier molecular flexibility index (Phi) is 13.2. The molecule has 0 heterocycles. The molecule has 0 aliphatic heterocycles. The van der Waals surface area contributed by atoms with Crippen molar-refractivity contribution in [2.24, 2.45) is 5.92 Å². The molecule has 0 atom stereocenters. The van der Waals surface area contributed by atoms with Crippen LogP contribution in [-0.2, 0) is 0 Å². The molecule has 0 fully saturated rings. The molecule has 0 aromatic carbocycles. The van der Waals surface area contributed by atoms with Crippen molar-refractivity contribution in [3.8, 4) is 0 Å². The van der Waals surface area contributed by atoms with Crippen LogP contribution in [0.1, 0.15) is 47.5 Å². The summed E-state index contributed by atoms with van der Waals surface area (Å²) in [6.07, 6.45) is 2.64. The molecule has 0 aliphatic rings. The molecule has 0 radical (unpaired) electrons. The van der Waals surface area contributed by atoms with E-state index >= 15 is 0 Å². The van der Waals surface area contributed by atoms with E-state index in [0.717, 1.165) is 5.92 Å². The zero-order valence-corrected chi connectivity index (χ0v) is 9.85. The van der Waals surface area contributed by atoms with E-state index in [9.17, 15) is 0 Å². The fraction of sp³-hybridized carbons (Fsp3) is 1.00. The second-order valence-corrected chi connectivity index (χ2v) is 3.04. The maximum Gasteiger partial charge on any atom is 0.000629 e. The second-order valence-electron chi connectivity index (χ2n) is 3.04. The van der Waals surface area contributed by atoms with Gasteiger partial charge in [0.1, 0.15) is 0 Å². The van der Waals surface area contributed by atoms with Crippen LogP contribution in [0.2, 0.25) is 0 Å². The van der Waals surface area contributed by atoms with Crippen molar-refractivity contribution in [2.75, 3.05) is 20.1 Å². The van der Waals surface area contributed by atoms with E-state index in [1.807, 2.05) is 13.8 Å². The van der Waals surface area contributed by atoms with Gasteiger partial charge in [0.25, 0.3) is 0 Å². The third-order valence-corrected chi connectivity index (χ3v) is 2.26. The van der Waals surface area contributed by atoms with E-state index in [0.29, 0.717) is 0 Å². The molecule has 0 saturated carbocycles. The highest BCUT2D eigenvalue weighted by molar-refractivity contribution is 4.58. The van der Waals surface area contributed by atoms with Crippen LogP contribution in [0.5, 0.6) is 0 Å². The molecule has 0 amide bonds. The van der Waals surface area contributed by atoms with Crippen molar-refractivity contribution >= 4 is 0 Å². The standard InChI is InChI=1S/C9H21N.C2H6/c1-5-9(6-2)8-10(4)7-3;1-2/h9H,5-8H2,1-4H3;1-2H3. The maximum absolute atomic E-state index is 2.39. The van der Waals surface area contributed by atoms with Gasteiger partial charge in [0.15, 0.2) is 0 Å². The van der Waals surface area contributed by atoms with E-state index in [1.54, 1.807) is 0 Å². The van der Waals surface area contributed by atoms with E-state index < -0.39 is 0 Å². The van der Waals surface area contributed by atoms with Gasteiger partial charge in [0.05, 0.1) is 0 Å². The van der Waals surface area contributed by atoms with E-state index in [4.69, 9.17) is 0 Å². The largest absolute Gasteiger partial charge is 0.306 e. The third kappa shape index (κ3) is 8.06. The van der Waals surface area contributed by atoms with Gasteiger partial charge >= 0.3 is 0 Å². The Bertz CT molecular complexity index is 67.4. The van der Waals surface area contributed by atoms with Gasteiger partial charge in [-0.05, 0) is 19.5 Å². The number of hydrogen-bond donors (Lipinski definition) is 0. The van der Waals surface area contributed by atoms with Crippen molar-refractivity contribution in [3.05, 3.63) is 0 Å². The number of rotatable bonds is 5. The normalized spacial score (nSPS) is 10.0. The highest BCUT2D eigenvalue weighted by Gasteiger charge is 2.04. The van der Waals surface area contributed by atoms with Crippen LogP contribution in [0.15, 0.2) is 0 Å². The smallest absolute Gasteiger partial charge is 0.000629 e. The lowest BCUT2D eigenvalue weighted by molar-refractivity contribution is 0.278. The van der Waals surface area contributed by atoms with Gasteiger partial charge in [-0.3, -0.25) is 0 Å². The lowest BCUT2D eigenvalue weighted by Crippen LogP contribution is -2.24. The van der Waals surface area contributed by atoms with Crippen LogP contribution in [0.3, 0.4) is 0 Å². The molecule has 0 saturated heterocycles. The fourth-order valence-corrected chi connectivity index (χ4v) is 1.12. The first-order valence-electron chi connectivity index (χ1n) is 5.43. The van der Waals surface area contributed by atoms with Crippen LogP contribution in [0.25, 0.3) is 0 Å². The Labute approximate surface area is 79.2 Å². The van der Waals surface area contributed by atoms with Crippen molar-refractivity contribution in [3.63, 3.8) is 0 Å². The summed E-state index contributed by atoms with van der Waals surface area (Å²) in [6, 6.07) is 0. The quantitative estimate of drug-likeness (QED) is 0.616. The third-order valence-electron chi connectivity index (χ3n) is 2.26. The highest BCUT2D eigenvalue weighted by Crippen LogP contribution is 2.07. The van der Waals surface area contributed by atoms with Crippen LogP contribution >= 0.6 is 0 Å². The Morgan fingerprint density at radius 2 is 1.42 bits per heavy atom. The molecule has 12 heavy (non-hydrogen) atoms. The number of nitrogens with zero attached hydrogens (tertiary/aromatic N) is 1. The SMILES string of the molecule is CC.CCC(CC)CN(C)CC. The summed E-state index contributed by atoms with van der Waals surface area (Å²) < 4.78 is 0. The van der Waals surface area contributed by atoms with E-state index in [-0.39, 0.29) is 0 Å². The molecule has 76 valence electrons. The van der Waals surface area contributed by atoms with Crippen molar-refractivity contribution in [1.82, 2.24) is 4.90 Å². The molecular formula is C11H27N. The summed E-state index contributed by atoms with van der Waals surface area (Å²) in [5.41, 5.74) is 0. The van der Waals surface area contributed by atoms with Crippen LogP contribution in [0.4, 0.5) is 0 Å². The lowest BCUT2D eigenvalue weighted by atomic mass is 10.0. The van der Waals surface area contributed by atoms with Crippen molar-refractivity contribution in [1.29, 1.82) is 0 Å². The Morgan fingerprint density at radius 1 is 1.00 bits per heavy atom. The molecule has 0 bridgehead atoms. The minimum Gasteiger partial charge on any atom is -0.306 e. The van der Waals surface area contributed by atoms with Crippen LogP contribution in [-0.4, -0.2) is 25.0 Å². The first-order chi connectivity index (χ1) is 5.74. The van der Waals surface area contributed by atoms with Gasteiger partial charge in [-0.2, -0.15) is 0 Å². The average molecular weight is 173 g/mol. The van der Waals surface area contributed by atoms with E-state index in [1.165, 1.54) is 25.9 Å². The summed E-state index contributed by atoms with van der Waals surface area (Å²) in [4.78, 5) is 2.39. The van der Waals surface area contributed by atoms with Crippen LogP contribution in [0, 0.1) is 5.92 Å². The van der Waals surface area contributed by atoms with E-state index in [2.05, 4.69) is 32.7 Å². The summed E-state index contributed by atoms with van der Waals surface area (Å²) in [5, 5.41) is 0. The predicted molar refractivity (Wildman–Crippen MR) is 58.6 cm³/mol. The summed E-state index contributed by atoms with van der Waals surface area (Å²) >= 11 is 0. The van der Waals surface area contributed by atoms with Gasteiger partial charge in [0, 0.05) is 6.54 Å². The number of hydrogen-bond acceptors (Lipinski definition) is 1. The zero-order valence-electron chi connectivity index (χ0n) is 9.85. The minimum absolute atomic E-state index is 0.907. The summed E-state index contributed by atoms with van der Waals surface area (Å²) in [6.45, 7) is 13.2. The second kappa shape index (κ2) is 11.0. The zero-order chi connectivity index (χ0) is 9.98. The first-order valence-corrected chi connectivity index (χ1v) is 5.43. The fourth-order valence-electron chi connectivity index (χ4n) is 1.12. The monoisotopic (exact) mass is 173 g/mol. The van der Waals surface area contributed by atoms with Gasteiger partial charge in [-0.25, -0.2) is 0 Å². The summed E-state index contributed by atoms with van der Waals surface area (Å²) in [7, 11) is 2.19. The van der Waals surface area contributed by atoms with Gasteiger partial charge in [0.2, 0.25) is 0 Å². The molecule has 1 heteroatoms. The molecule has 0 aliphatic carbocycles. The molecule has 0 rings (SSSR count). The van der Waals surface area contributed by atoms with Gasteiger partial charge in [-0.15, -0.1) is 0 Å². The lowest BCUT2D eigenvalue weighted by Gasteiger charge is -2.20. The summed E-state index contributed by atoms with van der Waals surface area (Å²) in [5.74, 6) is 0.907. The minimum atomic E-state index is 0.907. The molecule has 0 N–H and O–H groups in total. The molecule has 0 unspecified atom stereocenters. The first kappa shape index (κ1) is 14.5. The molecule has 0 aromatic heterocycles.